The van der Waals surface area contributed by atoms with E-state index < -0.39 is 16.2 Å². The van der Waals surface area contributed by atoms with Crippen molar-refractivity contribution in [1.29, 1.82) is 0 Å². The van der Waals surface area contributed by atoms with Gasteiger partial charge in [-0.2, -0.15) is 5.10 Å². The second-order valence-electron chi connectivity index (χ2n) is 6.24. The molecule has 2 aromatic carbocycles. The van der Waals surface area contributed by atoms with E-state index in [0.717, 1.165) is 10.9 Å². The lowest BCUT2D eigenvalue weighted by molar-refractivity contribution is -0.385. The fourth-order valence-corrected chi connectivity index (χ4v) is 3.19. The van der Waals surface area contributed by atoms with Gasteiger partial charge in [0, 0.05) is 12.1 Å². The third kappa shape index (κ3) is 4.26. The molecule has 0 bridgehead atoms. The number of H-pyrrole nitrogens is 1. The molecule has 0 saturated heterocycles. The number of fused-ring (bicyclic) bond motifs is 1. The summed E-state index contributed by atoms with van der Waals surface area (Å²) in [4.78, 5) is 41.3. The Morgan fingerprint density at radius 2 is 1.97 bits per heavy atom. The van der Waals surface area contributed by atoms with E-state index in [1.54, 1.807) is 42.5 Å². The van der Waals surface area contributed by atoms with E-state index in [2.05, 4.69) is 31.0 Å². The van der Waals surface area contributed by atoms with Crippen LogP contribution < -0.4 is 16.0 Å². The summed E-state index contributed by atoms with van der Waals surface area (Å²) < 4.78 is 6.92. The number of para-hydroxylation sites is 1. The van der Waals surface area contributed by atoms with Crippen LogP contribution in [0.3, 0.4) is 0 Å². The second kappa shape index (κ2) is 8.32. The molecule has 0 spiro atoms. The van der Waals surface area contributed by atoms with Crippen molar-refractivity contribution in [3.63, 3.8) is 0 Å². The van der Waals surface area contributed by atoms with Crippen molar-refractivity contribution in [3.05, 3.63) is 102 Å². The van der Waals surface area contributed by atoms with Gasteiger partial charge in [0.25, 0.3) is 11.2 Å². The lowest BCUT2D eigenvalue weighted by Crippen LogP contribution is -2.32. The number of hydrogen-bond donors (Lipinski definition) is 1. The van der Waals surface area contributed by atoms with E-state index in [1.165, 1.54) is 18.3 Å². The van der Waals surface area contributed by atoms with Crippen LogP contribution in [-0.2, 0) is 0 Å². The van der Waals surface area contributed by atoms with Gasteiger partial charge in [-0.3, -0.25) is 14.9 Å². The molecule has 4 aromatic rings. The maximum absolute atomic E-state index is 12.5. The Hall–Kier alpha value is -4.12. The molecule has 11 heteroatoms. The van der Waals surface area contributed by atoms with Crippen molar-refractivity contribution in [2.75, 3.05) is 0 Å². The zero-order valence-corrected chi connectivity index (χ0v) is 17.1. The van der Waals surface area contributed by atoms with Gasteiger partial charge in [0.15, 0.2) is 0 Å². The van der Waals surface area contributed by atoms with Crippen LogP contribution in [0.15, 0.2) is 80.0 Å². The van der Waals surface area contributed by atoms with Gasteiger partial charge in [-0.15, -0.1) is 4.68 Å². The topological polar surface area (TPSA) is 132 Å². The Morgan fingerprint density at radius 3 is 2.68 bits per heavy atom. The lowest BCUT2D eigenvalue weighted by Gasteiger charge is -2.07. The van der Waals surface area contributed by atoms with E-state index in [0.29, 0.717) is 26.7 Å². The van der Waals surface area contributed by atoms with Crippen LogP contribution in [0.2, 0.25) is 0 Å². The molecule has 0 aliphatic carbocycles. The Bertz CT molecular complexity index is 1440. The fraction of sp³-hybridized carbons (Fsp3) is 0. The average molecular weight is 482 g/mol. The highest BCUT2D eigenvalue weighted by atomic mass is 79.9. The van der Waals surface area contributed by atoms with Crippen molar-refractivity contribution < 1.29 is 9.66 Å². The molecule has 0 saturated carbocycles. The summed E-state index contributed by atoms with van der Waals surface area (Å²) in [5, 5.41) is 15.0. The van der Waals surface area contributed by atoms with Crippen molar-refractivity contribution in [3.8, 4) is 11.6 Å². The number of nitro groups is 1. The van der Waals surface area contributed by atoms with Gasteiger partial charge in [-0.25, -0.2) is 9.78 Å². The standard InChI is InChI=1S/C20H12BrN5O5/c21-15-9-12(5-7-17(15)31-18-8-6-13(11-22-18)26(29)30)10-23-25-19(27)14-3-1-2-4-16(14)24-20(25)28/h1-11H,(H,24,28). The minimum Gasteiger partial charge on any atom is -0.438 e. The van der Waals surface area contributed by atoms with Crippen molar-refractivity contribution in [1.82, 2.24) is 14.6 Å². The zero-order valence-electron chi connectivity index (χ0n) is 15.6. The van der Waals surface area contributed by atoms with Gasteiger partial charge in [0.05, 0.1) is 26.5 Å². The highest BCUT2D eigenvalue weighted by Crippen LogP contribution is 2.29. The smallest absolute Gasteiger partial charge is 0.349 e. The predicted octanol–water partition coefficient (Wildman–Crippen LogP) is 3.43. The molecule has 0 amide bonds. The first-order valence-electron chi connectivity index (χ1n) is 8.78. The van der Waals surface area contributed by atoms with Crippen molar-refractivity contribution >= 4 is 38.7 Å². The summed E-state index contributed by atoms with van der Waals surface area (Å²) in [6.45, 7) is 0. The number of benzene rings is 2. The minimum atomic E-state index is -0.650. The number of hydrogen-bond acceptors (Lipinski definition) is 7. The van der Waals surface area contributed by atoms with Crippen molar-refractivity contribution in [2.24, 2.45) is 5.10 Å². The number of rotatable bonds is 5. The van der Waals surface area contributed by atoms with Gasteiger partial charge in [0.2, 0.25) is 5.88 Å². The van der Waals surface area contributed by atoms with Gasteiger partial charge in [-0.05, 0) is 51.8 Å². The maximum atomic E-state index is 12.5. The minimum absolute atomic E-state index is 0.142. The summed E-state index contributed by atoms with van der Waals surface area (Å²) in [7, 11) is 0. The summed E-state index contributed by atoms with van der Waals surface area (Å²) in [6, 6.07) is 14.3. The Labute approximate surface area is 181 Å². The molecular weight excluding hydrogens is 470 g/mol. The third-order valence-electron chi connectivity index (χ3n) is 4.21. The Kier molecular flexibility index (Phi) is 5.41. The molecule has 31 heavy (non-hydrogen) atoms. The van der Waals surface area contributed by atoms with Crippen molar-refractivity contribution in [2.45, 2.75) is 0 Å². The monoisotopic (exact) mass is 481 g/mol. The largest absolute Gasteiger partial charge is 0.438 e. The first kappa shape index (κ1) is 20.2. The molecule has 0 unspecified atom stereocenters. The Morgan fingerprint density at radius 1 is 1.16 bits per heavy atom. The van der Waals surface area contributed by atoms with Gasteiger partial charge < -0.3 is 9.72 Å². The lowest BCUT2D eigenvalue weighted by atomic mass is 10.2. The van der Waals surface area contributed by atoms with Crippen LogP contribution in [0.5, 0.6) is 11.6 Å². The van der Waals surface area contributed by atoms with Gasteiger partial charge >= 0.3 is 5.69 Å². The van der Waals surface area contributed by atoms with E-state index in [4.69, 9.17) is 4.74 Å². The molecule has 2 aromatic heterocycles. The molecule has 0 fully saturated rings. The number of nitrogens with one attached hydrogen (secondary N) is 1. The first-order valence-corrected chi connectivity index (χ1v) is 9.58. The first-order chi connectivity index (χ1) is 14.9. The molecule has 154 valence electrons. The SMILES string of the molecule is O=c1[nH]c2ccccc2c(=O)n1N=Cc1ccc(Oc2ccc([N+](=O)[O-])cn2)c(Br)c1. The van der Waals surface area contributed by atoms with Crippen LogP contribution in [0.25, 0.3) is 10.9 Å². The number of aromatic amines is 1. The Balaban J connectivity index is 1.58. The maximum Gasteiger partial charge on any atom is 0.349 e. The van der Waals surface area contributed by atoms with Crippen LogP contribution in [0, 0.1) is 10.1 Å². The van der Waals surface area contributed by atoms with Crippen LogP contribution in [0.4, 0.5) is 5.69 Å². The second-order valence-corrected chi connectivity index (χ2v) is 7.10. The van der Waals surface area contributed by atoms with E-state index in [-0.39, 0.29) is 11.6 Å². The summed E-state index contributed by atoms with van der Waals surface area (Å²) in [5.41, 5.74) is -0.289. The van der Waals surface area contributed by atoms with Gasteiger partial charge in [-0.1, -0.05) is 12.1 Å². The normalized spacial score (nSPS) is 11.1. The molecule has 4 rings (SSSR count). The van der Waals surface area contributed by atoms with Crippen LogP contribution >= 0.6 is 15.9 Å². The molecule has 1 N–H and O–H groups in total. The fourth-order valence-electron chi connectivity index (χ4n) is 2.72. The number of aromatic nitrogens is 3. The van der Waals surface area contributed by atoms with Crippen LogP contribution in [0.1, 0.15) is 5.56 Å². The molecular formula is C20H12BrN5O5. The molecule has 2 heterocycles. The van der Waals surface area contributed by atoms with E-state index in [9.17, 15) is 19.7 Å². The number of pyridine rings is 1. The average Bonchev–Trinajstić information content (AvgIpc) is 2.76. The molecule has 0 atom stereocenters. The highest BCUT2D eigenvalue weighted by molar-refractivity contribution is 9.10. The number of ether oxygens (including phenoxy) is 1. The third-order valence-corrected chi connectivity index (χ3v) is 4.83. The quantitative estimate of drug-likeness (QED) is 0.263. The molecule has 0 radical (unpaired) electrons. The molecule has 0 aliphatic heterocycles. The highest BCUT2D eigenvalue weighted by Gasteiger charge is 2.09. The van der Waals surface area contributed by atoms with E-state index in [1.807, 2.05) is 0 Å². The number of halogens is 1. The van der Waals surface area contributed by atoms with E-state index >= 15 is 0 Å². The zero-order chi connectivity index (χ0) is 22.0. The number of nitrogens with zero attached hydrogens (tertiary/aromatic N) is 4. The summed E-state index contributed by atoms with van der Waals surface area (Å²) in [6.07, 6.45) is 2.47. The summed E-state index contributed by atoms with van der Waals surface area (Å²) in [5.74, 6) is 0.598. The van der Waals surface area contributed by atoms with Crippen LogP contribution in [-0.4, -0.2) is 25.8 Å². The molecule has 0 aliphatic rings. The molecule has 10 nitrogen and oxygen atoms in total. The predicted molar refractivity (Wildman–Crippen MR) is 117 cm³/mol. The summed E-state index contributed by atoms with van der Waals surface area (Å²) >= 11 is 3.37. The van der Waals surface area contributed by atoms with Gasteiger partial charge in [0.1, 0.15) is 11.9 Å².